The molecular formula is C10H10N2O3S. The van der Waals surface area contributed by atoms with E-state index in [1.54, 1.807) is 28.4 Å². The van der Waals surface area contributed by atoms with Gasteiger partial charge in [0, 0.05) is 6.20 Å². The molecule has 0 saturated heterocycles. The van der Waals surface area contributed by atoms with Gasteiger partial charge in [0.25, 0.3) is 0 Å². The van der Waals surface area contributed by atoms with Gasteiger partial charge in [0.1, 0.15) is 17.1 Å². The van der Waals surface area contributed by atoms with Gasteiger partial charge in [-0.3, -0.25) is 4.40 Å². The minimum Gasteiger partial charge on any atom is -0.506 e. The quantitative estimate of drug-likeness (QED) is 0.849. The minimum atomic E-state index is -1.13. The molecule has 2 N–H and O–H groups in total. The molecule has 0 aliphatic carbocycles. The molecule has 0 aliphatic rings. The van der Waals surface area contributed by atoms with E-state index in [9.17, 15) is 9.90 Å². The van der Waals surface area contributed by atoms with Crippen LogP contribution in [0.3, 0.4) is 0 Å². The predicted molar refractivity (Wildman–Crippen MR) is 61.0 cm³/mol. The van der Waals surface area contributed by atoms with E-state index in [0.29, 0.717) is 11.6 Å². The predicted octanol–water partition coefficient (Wildman–Crippen LogP) is 1.60. The van der Waals surface area contributed by atoms with Crippen LogP contribution >= 0.6 is 11.8 Å². The number of aromatic carboxylic acids is 1. The van der Waals surface area contributed by atoms with E-state index in [-0.39, 0.29) is 17.0 Å². The molecule has 2 aromatic heterocycles. The number of aromatic nitrogens is 2. The van der Waals surface area contributed by atoms with E-state index in [1.807, 2.05) is 6.26 Å². The lowest BCUT2D eigenvalue weighted by molar-refractivity contribution is 0.0693. The van der Waals surface area contributed by atoms with Crippen molar-refractivity contribution in [2.45, 2.75) is 5.75 Å². The van der Waals surface area contributed by atoms with Crippen LogP contribution in [0.1, 0.15) is 16.3 Å². The van der Waals surface area contributed by atoms with Crippen LogP contribution in [0.25, 0.3) is 5.52 Å². The number of imidazole rings is 1. The Morgan fingerprint density at radius 1 is 1.62 bits per heavy atom. The molecule has 6 heteroatoms. The summed E-state index contributed by atoms with van der Waals surface area (Å²) in [5, 5.41) is 18.6. The molecule has 84 valence electrons. The maximum absolute atomic E-state index is 11.0. The number of carboxylic acids is 1. The number of thioether (sulfide) groups is 1. The van der Waals surface area contributed by atoms with Gasteiger partial charge in [-0.1, -0.05) is 0 Å². The first-order valence-corrected chi connectivity index (χ1v) is 5.95. The number of pyridine rings is 1. The number of aromatic hydroxyl groups is 1. The lowest BCUT2D eigenvalue weighted by Crippen LogP contribution is -1.97. The second kappa shape index (κ2) is 4.05. The third kappa shape index (κ3) is 1.61. The summed E-state index contributed by atoms with van der Waals surface area (Å²) < 4.78 is 1.61. The lowest BCUT2D eigenvalue weighted by Gasteiger charge is -2.00. The molecule has 5 nitrogen and oxygen atoms in total. The van der Waals surface area contributed by atoms with E-state index in [2.05, 4.69) is 4.98 Å². The molecule has 0 aromatic carbocycles. The second-order valence-corrected chi connectivity index (χ2v) is 4.09. The smallest absolute Gasteiger partial charge is 0.356 e. The fourth-order valence-electron chi connectivity index (χ4n) is 1.56. The van der Waals surface area contributed by atoms with Crippen LogP contribution in [0.4, 0.5) is 0 Å². The molecular weight excluding hydrogens is 228 g/mol. The highest BCUT2D eigenvalue weighted by atomic mass is 32.2. The summed E-state index contributed by atoms with van der Waals surface area (Å²) in [6, 6.07) is 3.10. The first kappa shape index (κ1) is 10.8. The van der Waals surface area contributed by atoms with Gasteiger partial charge >= 0.3 is 5.97 Å². The minimum absolute atomic E-state index is 0.0697. The van der Waals surface area contributed by atoms with Crippen molar-refractivity contribution in [2.75, 3.05) is 6.26 Å². The number of carboxylic acid groups (broad SMARTS) is 1. The highest BCUT2D eigenvalue weighted by molar-refractivity contribution is 7.97. The van der Waals surface area contributed by atoms with Gasteiger partial charge in [0.05, 0.1) is 5.75 Å². The molecule has 16 heavy (non-hydrogen) atoms. The van der Waals surface area contributed by atoms with E-state index in [1.165, 1.54) is 6.07 Å². The van der Waals surface area contributed by atoms with Crippen LogP contribution in [0.2, 0.25) is 0 Å². The summed E-state index contributed by atoms with van der Waals surface area (Å²) in [5.74, 6) is 0.0136. The van der Waals surface area contributed by atoms with Crippen LogP contribution in [0.15, 0.2) is 18.3 Å². The maximum atomic E-state index is 11.0. The fraction of sp³-hybridized carbons (Fsp3) is 0.200. The topological polar surface area (TPSA) is 74.8 Å². The Balaban J connectivity index is 2.76. The number of hydrogen-bond donors (Lipinski definition) is 2. The highest BCUT2D eigenvalue weighted by Gasteiger charge is 2.18. The molecule has 0 radical (unpaired) electrons. The Labute approximate surface area is 95.7 Å². The third-order valence-corrected chi connectivity index (χ3v) is 2.74. The molecule has 0 atom stereocenters. The Hall–Kier alpha value is -1.69. The van der Waals surface area contributed by atoms with Crippen LogP contribution in [0.5, 0.6) is 5.75 Å². The van der Waals surface area contributed by atoms with Crippen molar-refractivity contribution in [1.29, 1.82) is 0 Å². The van der Waals surface area contributed by atoms with Crippen molar-refractivity contribution in [1.82, 2.24) is 9.38 Å². The first-order valence-electron chi connectivity index (χ1n) is 4.56. The van der Waals surface area contributed by atoms with Crippen molar-refractivity contribution in [2.24, 2.45) is 0 Å². The first-order chi connectivity index (χ1) is 7.65. The van der Waals surface area contributed by atoms with Crippen molar-refractivity contribution >= 4 is 23.2 Å². The van der Waals surface area contributed by atoms with Crippen molar-refractivity contribution in [3.8, 4) is 5.75 Å². The van der Waals surface area contributed by atoms with Gasteiger partial charge in [0.15, 0.2) is 5.69 Å². The van der Waals surface area contributed by atoms with Crippen molar-refractivity contribution in [3.63, 3.8) is 0 Å². The summed E-state index contributed by atoms with van der Waals surface area (Å²) in [4.78, 5) is 15.0. The molecule has 0 amide bonds. The van der Waals surface area contributed by atoms with Gasteiger partial charge in [-0.25, -0.2) is 9.78 Å². The zero-order valence-electron chi connectivity index (χ0n) is 8.54. The third-order valence-electron chi connectivity index (χ3n) is 2.19. The largest absolute Gasteiger partial charge is 0.506 e. The van der Waals surface area contributed by atoms with Crippen molar-refractivity contribution in [3.05, 3.63) is 29.8 Å². The van der Waals surface area contributed by atoms with E-state index >= 15 is 0 Å². The van der Waals surface area contributed by atoms with E-state index < -0.39 is 5.97 Å². The van der Waals surface area contributed by atoms with Crippen LogP contribution in [0, 0.1) is 0 Å². The maximum Gasteiger partial charge on any atom is 0.356 e. The van der Waals surface area contributed by atoms with E-state index in [0.717, 1.165) is 0 Å². The van der Waals surface area contributed by atoms with Gasteiger partial charge in [-0.2, -0.15) is 11.8 Å². The summed E-state index contributed by atoms with van der Waals surface area (Å²) in [7, 11) is 0. The van der Waals surface area contributed by atoms with Crippen LogP contribution in [-0.2, 0) is 5.75 Å². The average Bonchev–Trinajstić information content (AvgIpc) is 2.60. The van der Waals surface area contributed by atoms with E-state index in [4.69, 9.17) is 5.11 Å². The van der Waals surface area contributed by atoms with Crippen molar-refractivity contribution < 1.29 is 15.0 Å². The van der Waals surface area contributed by atoms with Crippen LogP contribution < -0.4 is 0 Å². The average molecular weight is 238 g/mol. The Morgan fingerprint density at radius 3 is 3.00 bits per heavy atom. The number of carbonyl (C=O) groups is 1. The normalized spacial score (nSPS) is 10.8. The van der Waals surface area contributed by atoms with Gasteiger partial charge in [0.2, 0.25) is 0 Å². The fourth-order valence-corrected chi connectivity index (χ4v) is 2.03. The summed E-state index contributed by atoms with van der Waals surface area (Å²) >= 11 is 1.54. The Kier molecular flexibility index (Phi) is 2.74. The number of rotatable bonds is 3. The zero-order chi connectivity index (χ0) is 11.7. The number of nitrogens with zero attached hydrogens (tertiary/aromatic N) is 2. The number of hydrogen-bond acceptors (Lipinski definition) is 4. The zero-order valence-corrected chi connectivity index (χ0v) is 9.36. The Bertz CT molecular complexity index is 550. The van der Waals surface area contributed by atoms with Gasteiger partial charge in [-0.05, 0) is 18.4 Å². The molecule has 0 spiro atoms. The molecule has 0 saturated carbocycles. The standard InChI is InChI=1S/C10H10N2O3S/c1-16-5-7-11-8(10(14)15)9-6(13)3-2-4-12(7)9/h2-4,13H,5H2,1H3,(H,14,15). The SMILES string of the molecule is CSCc1nc(C(=O)O)c2c(O)cccn12. The molecule has 2 heterocycles. The molecule has 0 unspecified atom stereocenters. The molecule has 0 bridgehead atoms. The summed E-state index contributed by atoms with van der Waals surface area (Å²) in [6.45, 7) is 0. The van der Waals surface area contributed by atoms with Gasteiger partial charge in [-0.15, -0.1) is 0 Å². The highest BCUT2D eigenvalue weighted by Crippen LogP contribution is 2.24. The van der Waals surface area contributed by atoms with Crippen LogP contribution in [-0.4, -0.2) is 31.8 Å². The summed E-state index contributed by atoms with van der Waals surface area (Å²) in [6.07, 6.45) is 3.60. The lowest BCUT2D eigenvalue weighted by atomic mass is 10.3. The molecule has 0 fully saturated rings. The molecule has 2 rings (SSSR count). The Morgan fingerprint density at radius 2 is 2.38 bits per heavy atom. The van der Waals surface area contributed by atoms with Gasteiger partial charge < -0.3 is 10.2 Å². The summed E-state index contributed by atoms with van der Waals surface area (Å²) in [5.41, 5.74) is 0.140. The molecule has 0 aliphatic heterocycles. The number of fused-ring (bicyclic) bond motifs is 1. The monoisotopic (exact) mass is 238 g/mol. The molecule has 2 aromatic rings. The second-order valence-electron chi connectivity index (χ2n) is 3.23.